The van der Waals surface area contributed by atoms with Crippen LogP contribution in [0.25, 0.3) is 0 Å². The SMILES string of the molecule is CCCNCc1ncn(CC2CCCc3ccccc32)n1. The third-order valence-corrected chi connectivity index (χ3v) is 4.19. The Hall–Kier alpha value is -1.68. The number of nitrogens with zero attached hydrogens (tertiary/aromatic N) is 3. The fraction of sp³-hybridized carbons (Fsp3) is 0.529. The predicted octanol–water partition coefficient (Wildman–Crippen LogP) is 2.90. The van der Waals surface area contributed by atoms with Crippen LogP contribution in [0.2, 0.25) is 0 Å². The molecule has 0 fully saturated rings. The average Bonchev–Trinajstić information content (AvgIpc) is 2.96. The number of rotatable bonds is 6. The van der Waals surface area contributed by atoms with Crippen LogP contribution in [0.4, 0.5) is 0 Å². The van der Waals surface area contributed by atoms with Crippen molar-refractivity contribution in [3.63, 3.8) is 0 Å². The summed E-state index contributed by atoms with van der Waals surface area (Å²) in [5.74, 6) is 1.47. The molecule has 1 aromatic carbocycles. The second-order valence-corrected chi connectivity index (χ2v) is 5.85. The number of aryl methyl sites for hydroxylation is 1. The van der Waals surface area contributed by atoms with Crippen LogP contribution in [0.5, 0.6) is 0 Å². The highest BCUT2D eigenvalue weighted by molar-refractivity contribution is 5.32. The van der Waals surface area contributed by atoms with Crippen LogP contribution < -0.4 is 5.32 Å². The minimum Gasteiger partial charge on any atom is -0.310 e. The summed E-state index contributed by atoms with van der Waals surface area (Å²) in [7, 11) is 0. The molecule has 0 bridgehead atoms. The summed E-state index contributed by atoms with van der Waals surface area (Å²) < 4.78 is 2.01. The molecular weight excluding hydrogens is 260 g/mol. The van der Waals surface area contributed by atoms with Gasteiger partial charge in [0.1, 0.15) is 6.33 Å². The lowest BCUT2D eigenvalue weighted by molar-refractivity contribution is 0.453. The topological polar surface area (TPSA) is 42.7 Å². The summed E-state index contributed by atoms with van der Waals surface area (Å²) in [4.78, 5) is 4.40. The second kappa shape index (κ2) is 6.85. The third kappa shape index (κ3) is 3.50. The normalized spacial score (nSPS) is 17.7. The van der Waals surface area contributed by atoms with Gasteiger partial charge >= 0.3 is 0 Å². The van der Waals surface area contributed by atoms with Crippen molar-refractivity contribution in [3.8, 4) is 0 Å². The lowest BCUT2D eigenvalue weighted by Gasteiger charge is -2.25. The zero-order valence-corrected chi connectivity index (χ0v) is 12.8. The maximum atomic E-state index is 4.59. The molecular formula is C17H24N4. The molecule has 2 aromatic rings. The van der Waals surface area contributed by atoms with Gasteiger partial charge in [-0.05, 0) is 43.4 Å². The largest absolute Gasteiger partial charge is 0.310 e. The molecule has 112 valence electrons. The summed E-state index contributed by atoms with van der Waals surface area (Å²) >= 11 is 0. The van der Waals surface area contributed by atoms with E-state index in [1.54, 1.807) is 0 Å². The Kier molecular flexibility index (Phi) is 4.65. The van der Waals surface area contributed by atoms with E-state index < -0.39 is 0 Å². The Morgan fingerprint density at radius 2 is 2.24 bits per heavy atom. The summed E-state index contributed by atoms with van der Waals surface area (Å²) in [6.45, 7) is 4.89. The molecule has 1 atom stereocenters. The summed E-state index contributed by atoms with van der Waals surface area (Å²) in [5.41, 5.74) is 3.02. The van der Waals surface area contributed by atoms with Gasteiger partial charge in [-0.3, -0.25) is 4.68 Å². The van der Waals surface area contributed by atoms with Crippen molar-refractivity contribution in [3.05, 3.63) is 47.5 Å². The quantitative estimate of drug-likeness (QED) is 0.829. The summed E-state index contributed by atoms with van der Waals surface area (Å²) in [6.07, 6.45) is 6.76. The molecule has 0 amide bonds. The standard InChI is InChI=1S/C17H24N4/c1-2-10-18-11-17-19-13-21(20-17)12-15-8-5-7-14-6-3-4-9-16(14)15/h3-4,6,9,13,15,18H,2,5,7-8,10-12H2,1H3. The first kappa shape index (κ1) is 14.3. The molecule has 1 unspecified atom stereocenters. The van der Waals surface area contributed by atoms with Crippen molar-refractivity contribution in [1.82, 2.24) is 20.1 Å². The van der Waals surface area contributed by atoms with E-state index in [1.165, 1.54) is 30.4 Å². The van der Waals surface area contributed by atoms with Gasteiger partial charge in [0, 0.05) is 12.5 Å². The molecule has 0 aliphatic heterocycles. The maximum Gasteiger partial charge on any atom is 0.164 e. The smallest absolute Gasteiger partial charge is 0.164 e. The van der Waals surface area contributed by atoms with E-state index in [0.717, 1.165) is 31.9 Å². The molecule has 3 rings (SSSR count). The molecule has 1 aromatic heterocycles. The molecule has 1 N–H and O–H groups in total. The lowest BCUT2D eigenvalue weighted by atomic mass is 9.83. The first-order chi connectivity index (χ1) is 10.4. The van der Waals surface area contributed by atoms with E-state index in [2.05, 4.69) is 46.6 Å². The van der Waals surface area contributed by atoms with Gasteiger partial charge in [0.05, 0.1) is 6.54 Å². The molecule has 1 aliphatic rings. The van der Waals surface area contributed by atoms with Gasteiger partial charge in [-0.15, -0.1) is 0 Å². The van der Waals surface area contributed by atoms with Crippen LogP contribution in [-0.2, 0) is 19.5 Å². The predicted molar refractivity (Wildman–Crippen MR) is 84.1 cm³/mol. The van der Waals surface area contributed by atoms with Crippen molar-refractivity contribution in [2.45, 2.75) is 51.6 Å². The fourth-order valence-electron chi connectivity index (χ4n) is 3.15. The minimum atomic E-state index is 0.577. The van der Waals surface area contributed by atoms with Gasteiger partial charge in [0.15, 0.2) is 5.82 Å². The van der Waals surface area contributed by atoms with Crippen molar-refractivity contribution < 1.29 is 0 Å². The Morgan fingerprint density at radius 3 is 3.14 bits per heavy atom. The maximum absolute atomic E-state index is 4.59. The van der Waals surface area contributed by atoms with Gasteiger partial charge in [0.25, 0.3) is 0 Å². The molecule has 0 spiro atoms. The van der Waals surface area contributed by atoms with Gasteiger partial charge in [0.2, 0.25) is 0 Å². The summed E-state index contributed by atoms with van der Waals surface area (Å²) in [6, 6.07) is 8.84. The molecule has 1 heterocycles. The van der Waals surface area contributed by atoms with Crippen molar-refractivity contribution in [2.75, 3.05) is 6.54 Å². The van der Waals surface area contributed by atoms with Crippen LogP contribution in [0.1, 0.15) is 49.1 Å². The van der Waals surface area contributed by atoms with Crippen molar-refractivity contribution >= 4 is 0 Å². The van der Waals surface area contributed by atoms with Gasteiger partial charge in [-0.1, -0.05) is 31.2 Å². The zero-order chi connectivity index (χ0) is 14.5. The van der Waals surface area contributed by atoms with E-state index in [1.807, 2.05) is 11.0 Å². The second-order valence-electron chi connectivity index (χ2n) is 5.85. The number of hydrogen-bond acceptors (Lipinski definition) is 3. The Bertz CT molecular complexity index is 576. The first-order valence-corrected chi connectivity index (χ1v) is 8.03. The molecule has 0 saturated carbocycles. The van der Waals surface area contributed by atoms with Crippen LogP contribution in [0, 0.1) is 0 Å². The number of hydrogen-bond donors (Lipinski definition) is 1. The van der Waals surface area contributed by atoms with Crippen LogP contribution in [0.15, 0.2) is 30.6 Å². The highest BCUT2D eigenvalue weighted by Crippen LogP contribution is 2.32. The number of benzene rings is 1. The average molecular weight is 284 g/mol. The first-order valence-electron chi connectivity index (χ1n) is 8.03. The highest BCUT2D eigenvalue weighted by Gasteiger charge is 2.20. The van der Waals surface area contributed by atoms with Gasteiger partial charge < -0.3 is 5.32 Å². The number of fused-ring (bicyclic) bond motifs is 1. The number of nitrogens with one attached hydrogen (secondary N) is 1. The van der Waals surface area contributed by atoms with E-state index in [9.17, 15) is 0 Å². The summed E-state index contributed by atoms with van der Waals surface area (Å²) in [5, 5.41) is 7.94. The minimum absolute atomic E-state index is 0.577. The molecule has 0 radical (unpaired) electrons. The van der Waals surface area contributed by atoms with Gasteiger partial charge in [-0.25, -0.2) is 4.98 Å². The lowest BCUT2D eigenvalue weighted by Crippen LogP contribution is -2.17. The van der Waals surface area contributed by atoms with Crippen molar-refractivity contribution in [2.24, 2.45) is 0 Å². The Labute approximate surface area is 126 Å². The molecule has 21 heavy (non-hydrogen) atoms. The molecule has 4 nitrogen and oxygen atoms in total. The molecule has 0 saturated heterocycles. The molecule has 1 aliphatic carbocycles. The Morgan fingerprint density at radius 1 is 1.33 bits per heavy atom. The van der Waals surface area contributed by atoms with Crippen molar-refractivity contribution in [1.29, 1.82) is 0 Å². The van der Waals surface area contributed by atoms with Crippen LogP contribution in [0.3, 0.4) is 0 Å². The van der Waals surface area contributed by atoms with E-state index in [-0.39, 0.29) is 0 Å². The third-order valence-electron chi connectivity index (χ3n) is 4.19. The Balaban J connectivity index is 1.65. The van der Waals surface area contributed by atoms with E-state index in [4.69, 9.17) is 0 Å². The highest BCUT2D eigenvalue weighted by atomic mass is 15.3. The van der Waals surface area contributed by atoms with E-state index in [0.29, 0.717) is 5.92 Å². The van der Waals surface area contributed by atoms with E-state index >= 15 is 0 Å². The monoisotopic (exact) mass is 284 g/mol. The van der Waals surface area contributed by atoms with Gasteiger partial charge in [-0.2, -0.15) is 5.10 Å². The zero-order valence-electron chi connectivity index (χ0n) is 12.8. The number of aromatic nitrogens is 3. The van der Waals surface area contributed by atoms with Crippen LogP contribution in [-0.4, -0.2) is 21.3 Å². The van der Waals surface area contributed by atoms with Crippen LogP contribution >= 0.6 is 0 Å². The molecule has 4 heteroatoms. The fourth-order valence-corrected chi connectivity index (χ4v) is 3.15.